The van der Waals surface area contributed by atoms with Crippen LogP contribution in [0.3, 0.4) is 0 Å². The molecule has 1 aliphatic heterocycles. The third-order valence-electron chi connectivity index (χ3n) is 4.35. The third-order valence-corrected chi connectivity index (χ3v) is 5.37. The molecule has 27 heavy (non-hydrogen) atoms. The lowest BCUT2D eigenvalue weighted by molar-refractivity contribution is 0.109. The number of phosphoric ester groups is 1. The van der Waals surface area contributed by atoms with E-state index in [1.165, 1.54) is 51.4 Å². The van der Waals surface area contributed by atoms with Crippen LogP contribution in [-0.2, 0) is 18.3 Å². The van der Waals surface area contributed by atoms with Crippen molar-refractivity contribution in [2.75, 3.05) is 39.5 Å². The Kier molecular flexibility index (Phi) is 20.8. The molecule has 0 radical (unpaired) electrons. The molecule has 0 aromatic heterocycles. The summed E-state index contributed by atoms with van der Waals surface area (Å²) in [5.41, 5.74) is 0. The largest absolute Gasteiger partial charge is 0.472 e. The summed E-state index contributed by atoms with van der Waals surface area (Å²) >= 11 is 0. The van der Waals surface area contributed by atoms with Crippen LogP contribution < -0.4 is 5.32 Å². The number of rotatable bonds is 16. The molecular formula is C20H44NO5P. The Bertz CT molecular complexity index is 307. The normalized spacial score (nSPS) is 14.6. The van der Waals surface area contributed by atoms with Gasteiger partial charge in [0.25, 0.3) is 0 Å². The molecule has 0 aliphatic carbocycles. The van der Waals surface area contributed by atoms with Gasteiger partial charge in [0.05, 0.1) is 26.4 Å². The second kappa shape index (κ2) is 20.8. The van der Waals surface area contributed by atoms with Crippen LogP contribution in [0.15, 0.2) is 0 Å². The van der Waals surface area contributed by atoms with E-state index < -0.39 is 7.82 Å². The molecular weight excluding hydrogens is 365 g/mol. The highest BCUT2D eigenvalue weighted by Crippen LogP contribution is 2.43. The van der Waals surface area contributed by atoms with E-state index in [1.54, 1.807) is 0 Å². The van der Waals surface area contributed by atoms with Crippen molar-refractivity contribution < 1.29 is 23.2 Å². The van der Waals surface area contributed by atoms with Crippen LogP contribution in [0.4, 0.5) is 0 Å². The van der Waals surface area contributed by atoms with Gasteiger partial charge in [-0.1, -0.05) is 78.1 Å². The van der Waals surface area contributed by atoms with Gasteiger partial charge in [0.15, 0.2) is 0 Å². The van der Waals surface area contributed by atoms with E-state index in [0.29, 0.717) is 13.2 Å². The maximum Gasteiger partial charge on any atom is 0.472 e. The fourth-order valence-electron chi connectivity index (χ4n) is 2.68. The van der Waals surface area contributed by atoms with Gasteiger partial charge in [-0.15, -0.1) is 0 Å². The molecule has 164 valence electrons. The van der Waals surface area contributed by atoms with Crippen LogP contribution in [0.25, 0.3) is 0 Å². The molecule has 2 N–H and O–H groups in total. The summed E-state index contributed by atoms with van der Waals surface area (Å²) in [5.74, 6) is 0. The van der Waals surface area contributed by atoms with Crippen molar-refractivity contribution in [3.8, 4) is 0 Å². The molecule has 6 nitrogen and oxygen atoms in total. The van der Waals surface area contributed by atoms with E-state index in [-0.39, 0.29) is 0 Å². The van der Waals surface area contributed by atoms with E-state index in [0.717, 1.165) is 52.0 Å². The lowest BCUT2D eigenvalue weighted by atomic mass is 10.1. The average Bonchev–Trinajstić information content (AvgIpc) is 2.68. The van der Waals surface area contributed by atoms with Crippen molar-refractivity contribution in [3.63, 3.8) is 0 Å². The average molecular weight is 410 g/mol. The molecule has 0 saturated carbocycles. The molecule has 1 saturated heterocycles. The number of hydrogen-bond donors (Lipinski definition) is 2. The Morgan fingerprint density at radius 2 is 1.19 bits per heavy atom. The molecule has 0 aromatic carbocycles. The van der Waals surface area contributed by atoms with Crippen LogP contribution in [0.1, 0.15) is 90.9 Å². The van der Waals surface area contributed by atoms with Crippen molar-refractivity contribution in [3.05, 3.63) is 0 Å². The van der Waals surface area contributed by atoms with E-state index in [9.17, 15) is 9.46 Å². The van der Waals surface area contributed by atoms with Gasteiger partial charge in [-0.2, -0.15) is 0 Å². The van der Waals surface area contributed by atoms with E-state index in [4.69, 9.17) is 13.8 Å². The first kappa shape index (κ1) is 27.0. The molecule has 0 atom stereocenters. The second-order valence-corrected chi connectivity index (χ2v) is 8.49. The Morgan fingerprint density at radius 3 is 1.52 bits per heavy atom. The van der Waals surface area contributed by atoms with Gasteiger partial charge < -0.3 is 14.9 Å². The third kappa shape index (κ3) is 22.2. The topological polar surface area (TPSA) is 77.0 Å². The Hall–Kier alpha value is 0.0300. The molecule has 1 rings (SSSR count). The molecule has 1 heterocycles. The van der Waals surface area contributed by atoms with E-state index >= 15 is 0 Å². The highest BCUT2D eigenvalue weighted by molar-refractivity contribution is 7.47. The SMILES string of the molecule is C1COCCN1.CCCCCCCCOP(=O)(O)OCCCCCCCC. The van der Waals surface area contributed by atoms with Crippen molar-refractivity contribution in [1.82, 2.24) is 5.32 Å². The number of ether oxygens (including phenoxy) is 1. The Balaban J connectivity index is 0.000000941. The lowest BCUT2D eigenvalue weighted by Gasteiger charge is -2.12. The molecule has 0 aromatic rings. The van der Waals surface area contributed by atoms with E-state index in [1.807, 2.05) is 0 Å². The summed E-state index contributed by atoms with van der Waals surface area (Å²) in [6.07, 6.45) is 13.6. The second-order valence-electron chi connectivity index (χ2n) is 7.03. The predicted octanol–water partition coefficient (Wildman–Crippen LogP) is 5.45. The van der Waals surface area contributed by atoms with Crippen molar-refractivity contribution in [2.24, 2.45) is 0 Å². The first-order valence-corrected chi connectivity index (χ1v) is 12.5. The molecule has 0 bridgehead atoms. The molecule has 7 heteroatoms. The fraction of sp³-hybridized carbons (Fsp3) is 1.00. The van der Waals surface area contributed by atoms with E-state index in [2.05, 4.69) is 19.2 Å². The quantitative estimate of drug-likeness (QED) is 0.261. The van der Waals surface area contributed by atoms with Crippen LogP contribution in [-0.4, -0.2) is 44.4 Å². The van der Waals surface area contributed by atoms with Gasteiger partial charge >= 0.3 is 7.82 Å². The van der Waals surface area contributed by atoms with Crippen molar-refractivity contribution in [1.29, 1.82) is 0 Å². The zero-order valence-electron chi connectivity index (χ0n) is 17.8. The standard InChI is InChI=1S/C16H35O4P.C4H9NO/c1-3-5-7-9-11-13-15-19-21(17,18)20-16-14-12-10-8-6-4-2;1-3-6-4-2-5-1/h3-16H2,1-2H3,(H,17,18);5H,1-4H2. The summed E-state index contributed by atoms with van der Waals surface area (Å²) in [5, 5.41) is 3.16. The first-order valence-electron chi connectivity index (χ1n) is 11.0. The van der Waals surface area contributed by atoms with Gasteiger partial charge in [0.2, 0.25) is 0 Å². The molecule has 1 aliphatic rings. The van der Waals surface area contributed by atoms with Crippen molar-refractivity contribution in [2.45, 2.75) is 90.9 Å². The summed E-state index contributed by atoms with van der Waals surface area (Å²) in [7, 11) is -3.82. The monoisotopic (exact) mass is 409 g/mol. The Morgan fingerprint density at radius 1 is 0.778 bits per heavy atom. The molecule has 0 amide bonds. The fourth-order valence-corrected chi connectivity index (χ4v) is 3.47. The van der Waals surface area contributed by atoms with Crippen LogP contribution in [0, 0.1) is 0 Å². The number of nitrogens with one attached hydrogen (secondary N) is 1. The highest BCUT2D eigenvalue weighted by atomic mass is 31.2. The smallest absolute Gasteiger partial charge is 0.379 e. The van der Waals surface area contributed by atoms with Gasteiger partial charge in [-0.05, 0) is 12.8 Å². The van der Waals surface area contributed by atoms with Crippen LogP contribution >= 0.6 is 7.82 Å². The summed E-state index contributed by atoms with van der Waals surface area (Å²) in [4.78, 5) is 9.51. The van der Waals surface area contributed by atoms with Crippen LogP contribution in [0.5, 0.6) is 0 Å². The number of morpholine rings is 1. The minimum Gasteiger partial charge on any atom is -0.379 e. The van der Waals surface area contributed by atoms with Gasteiger partial charge in [0, 0.05) is 13.1 Å². The molecule has 0 unspecified atom stereocenters. The number of unbranched alkanes of at least 4 members (excludes halogenated alkanes) is 10. The van der Waals surface area contributed by atoms with Gasteiger partial charge in [-0.3, -0.25) is 9.05 Å². The van der Waals surface area contributed by atoms with Gasteiger partial charge in [0.1, 0.15) is 0 Å². The summed E-state index contributed by atoms with van der Waals surface area (Å²) in [6, 6.07) is 0. The Labute approximate surface area is 167 Å². The maximum absolute atomic E-state index is 11.6. The van der Waals surface area contributed by atoms with Crippen molar-refractivity contribution >= 4 is 7.82 Å². The summed E-state index contributed by atoms with van der Waals surface area (Å²) in [6.45, 7) is 8.84. The zero-order valence-corrected chi connectivity index (χ0v) is 18.6. The molecule has 0 spiro atoms. The predicted molar refractivity (Wildman–Crippen MR) is 112 cm³/mol. The zero-order chi connectivity index (χ0) is 20.1. The molecule has 1 fully saturated rings. The summed E-state index contributed by atoms with van der Waals surface area (Å²) < 4.78 is 26.5. The lowest BCUT2D eigenvalue weighted by Crippen LogP contribution is -2.30. The minimum atomic E-state index is -3.82. The number of phosphoric acid groups is 1. The maximum atomic E-state index is 11.6. The highest BCUT2D eigenvalue weighted by Gasteiger charge is 2.19. The minimum absolute atomic E-state index is 0.316. The first-order chi connectivity index (χ1) is 13.1. The van der Waals surface area contributed by atoms with Crippen LogP contribution in [0.2, 0.25) is 0 Å². The number of hydrogen-bond acceptors (Lipinski definition) is 5. The van der Waals surface area contributed by atoms with Gasteiger partial charge in [-0.25, -0.2) is 4.57 Å².